The van der Waals surface area contributed by atoms with E-state index in [2.05, 4.69) is 5.32 Å². The van der Waals surface area contributed by atoms with Crippen LogP contribution in [0.4, 0.5) is 0 Å². The molecule has 1 saturated heterocycles. The molecule has 1 aromatic carbocycles. The number of thiocarbonyl (C=S) groups is 1. The molecule has 0 aromatic heterocycles. The van der Waals surface area contributed by atoms with E-state index in [1.807, 2.05) is 18.2 Å². The fourth-order valence-electron chi connectivity index (χ4n) is 1.40. The summed E-state index contributed by atoms with van der Waals surface area (Å²) in [6.45, 7) is -0.0298. The van der Waals surface area contributed by atoms with Crippen LogP contribution in [0, 0.1) is 11.3 Å². The molecule has 18 heavy (non-hydrogen) atoms. The molecule has 0 saturated carbocycles. The Balaban J connectivity index is 2.29. The quantitative estimate of drug-likeness (QED) is 0.676. The number of nitrogens with zero attached hydrogens (tertiary/aromatic N) is 1. The fraction of sp³-hybridized carbons (Fsp3) is 0.0833. The van der Waals surface area contributed by atoms with Gasteiger partial charge in [0.15, 0.2) is 6.61 Å². The van der Waals surface area contributed by atoms with Crippen LogP contribution in [0.3, 0.4) is 0 Å². The molecule has 1 aliphatic heterocycles. The van der Waals surface area contributed by atoms with Gasteiger partial charge in [-0.25, -0.2) is 0 Å². The Morgan fingerprint density at radius 3 is 2.94 bits per heavy atom. The predicted molar refractivity (Wildman–Crippen MR) is 73.9 cm³/mol. The van der Waals surface area contributed by atoms with Gasteiger partial charge < -0.3 is 10.1 Å². The second-order valence-corrected chi connectivity index (χ2v) is 5.06. The minimum Gasteiger partial charge on any atom is -0.478 e. The monoisotopic (exact) mass is 276 g/mol. The number of nitrogens with one attached hydrogen (secondary N) is 1. The number of para-hydroxylation sites is 1. The van der Waals surface area contributed by atoms with Crippen molar-refractivity contribution in [3.8, 4) is 11.8 Å². The van der Waals surface area contributed by atoms with Crippen molar-refractivity contribution in [2.24, 2.45) is 0 Å². The summed E-state index contributed by atoms with van der Waals surface area (Å²) in [5.74, 6) is 0.359. The zero-order valence-corrected chi connectivity index (χ0v) is 10.8. The van der Waals surface area contributed by atoms with Crippen LogP contribution >= 0.6 is 24.0 Å². The first-order valence-electron chi connectivity index (χ1n) is 5.04. The van der Waals surface area contributed by atoms with E-state index in [0.717, 1.165) is 5.56 Å². The zero-order chi connectivity index (χ0) is 13.0. The van der Waals surface area contributed by atoms with Gasteiger partial charge in [0.25, 0.3) is 5.91 Å². The van der Waals surface area contributed by atoms with Crippen LogP contribution in [0.5, 0.6) is 5.75 Å². The van der Waals surface area contributed by atoms with E-state index in [-0.39, 0.29) is 12.5 Å². The summed E-state index contributed by atoms with van der Waals surface area (Å²) in [5.41, 5.74) is 0.745. The molecule has 2 rings (SSSR count). The molecule has 4 nitrogen and oxygen atoms in total. The first-order valence-corrected chi connectivity index (χ1v) is 6.27. The molecule has 0 bridgehead atoms. The summed E-state index contributed by atoms with van der Waals surface area (Å²) in [7, 11) is 0. The highest BCUT2D eigenvalue weighted by atomic mass is 32.2. The molecule has 1 heterocycles. The van der Waals surface area contributed by atoms with Gasteiger partial charge in [-0.2, -0.15) is 5.26 Å². The van der Waals surface area contributed by atoms with Crippen LogP contribution in [-0.2, 0) is 4.79 Å². The molecular weight excluding hydrogens is 268 g/mol. The van der Waals surface area contributed by atoms with Crippen LogP contribution in [0.15, 0.2) is 29.2 Å². The topological polar surface area (TPSA) is 62.1 Å². The average molecular weight is 276 g/mol. The number of hydrogen-bond acceptors (Lipinski definition) is 5. The number of hydrogen-bond donors (Lipinski definition) is 1. The normalized spacial score (nSPS) is 16.5. The molecule has 1 N–H and O–H groups in total. The molecule has 1 amide bonds. The van der Waals surface area contributed by atoms with Crippen LogP contribution in [0.2, 0.25) is 0 Å². The van der Waals surface area contributed by atoms with Gasteiger partial charge in [0.05, 0.1) is 4.91 Å². The number of carbonyl (C=O) groups excluding carboxylic acids is 1. The zero-order valence-electron chi connectivity index (χ0n) is 9.17. The first-order chi connectivity index (χ1) is 8.70. The maximum atomic E-state index is 11.5. The molecule has 1 fully saturated rings. The SMILES string of the molecule is N#CCOc1ccccc1/C=C1\SC(=S)NC1=O. The summed E-state index contributed by atoms with van der Waals surface area (Å²) in [6.07, 6.45) is 1.70. The van der Waals surface area contributed by atoms with Gasteiger partial charge in [0, 0.05) is 5.56 Å². The lowest BCUT2D eigenvalue weighted by Gasteiger charge is -2.05. The van der Waals surface area contributed by atoms with Crippen molar-refractivity contribution in [2.75, 3.05) is 6.61 Å². The van der Waals surface area contributed by atoms with Crippen LogP contribution < -0.4 is 10.1 Å². The number of benzene rings is 1. The highest BCUT2D eigenvalue weighted by molar-refractivity contribution is 8.26. The number of nitriles is 1. The number of amides is 1. The van der Waals surface area contributed by atoms with Gasteiger partial charge in [0.2, 0.25) is 0 Å². The van der Waals surface area contributed by atoms with E-state index in [1.54, 1.807) is 18.2 Å². The van der Waals surface area contributed by atoms with E-state index in [9.17, 15) is 4.79 Å². The minimum absolute atomic E-state index is 0.0298. The van der Waals surface area contributed by atoms with Gasteiger partial charge in [0.1, 0.15) is 16.1 Å². The molecule has 1 aliphatic rings. The van der Waals surface area contributed by atoms with Crippen molar-refractivity contribution < 1.29 is 9.53 Å². The van der Waals surface area contributed by atoms with Gasteiger partial charge >= 0.3 is 0 Å². The van der Waals surface area contributed by atoms with Crippen LogP contribution in [-0.4, -0.2) is 16.8 Å². The molecule has 6 heteroatoms. The minimum atomic E-state index is -0.208. The maximum Gasteiger partial charge on any atom is 0.263 e. The van der Waals surface area contributed by atoms with Crippen LogP contribution in [0.1, 0.15) is 5.56 Å². The second-order valence-electron chi connectivity index (χ2n) is 3.34. The average Bonchev–Trinajstić information content (AvgIpc) is 2.67. The fourth-order valence-corrected chi connectivity index (χ4v) is 2.44. The lowest BCUT2D eigenvalue weighted by atomic mass is 10.2. The Morgan fingerprint density at radius 1 is 1.50 bits per heavy atom. The van der Waals surface area contributed by atoms with Gasteiger partial charge in [-0.15, -0.1) is 0 Å². The molecule has 0 aliphatic carbocycles. The Kier molecular flexibility index (Phi) is 3.97. The molecule has 0 spiro atoms. The van der Waals surface area contributed by atoms with E-state index < -0.39 is 0 Å². The molecule has 0 atom stereocenters. The van der Waals surface area contributed by atoms with E-state index >= 15 is 0 Å². The summed E-state index contributed by atoms with van der Waals surface area (Å²) in [6, 6.07) is 9.11. The number of ether oxygens (including phenoxy) is 1. The summed E-state index contributed by atoms with van der Waals surface area (Å²) >= 11 is 6.12. The van der Waals surface area contributed by atoms with E-state index in [0.29, 0.717) is 15.0 Å². The predicted octanol–water partition coefficient (Wildman–Crippen LogP) is 2.08. The largest absolute Gasteiger partial charge is 0.478 e. The lowest BCUT2D eigenvalue weighted by molar-refractivity contribution is -0.115. The highest BCUT2D eigenvalue weighted by Crippen LogP contribution is 2.29. The number of rotatable bonds is 3. The molecule has 1 aromatic rings. The van der Waals surface area contributed by atoms with Crippen LogP contribution in [0.25, 0.3) is 6.08 Å². The summed E-state index contributed by atoms with van der Waals surface area (Å²) in [5, 5.41) is 11.0. The first kappa shape index (κ1) is 12.6. The maximum absolute atomic E-state index is 11.5. The van der Waals surface area contributed by atoms with Gasteiger partial charge in [-0.1, -0.05) is 42.2 Å². The third-order valence-electron chi connectivity index (χ3n) is 2.14. The smallest absolute Gasteiger partial charge is 0.263 e. The molecule has 90 valence electrons. The Bertz CT molecular complexity index is 576. The van der Waals surface area contributed by atoms with Crippen molar-refractivity contribution in [3.05, 3.63) is 34.7 Å². The highest BCUT2D eigenvalue weighted by Gasteiger charge is 2.22. The van der Waals surface area contributed by atoms with E-state index in [1.165, 1.54) is 11.8 Å². The van der Waals surface area contributed by atoms with Gasteiger partial charge in [-0.05, 0) is 12.1 Å². The standard InChI is InChI=1S/C12H8N2O2S2/c13-5-6-16-9-4-2-1-3-8(9)7-10-11(15)14-12(17)18-10/h1-4,7H,6H2,(H,14,15,17)/b10-7-. The van der Waals surface area contributed by atoms with Crippen molar-refractivity contribution in [2.45, 2.75) is 0 Å². The van der Waals surface area contributed by atoms with Gasteiger partial charge in [-0.3, -0.25) is 4.79 Å². The number of thioether (sulfide) groups is 1. The molecular formula is C12H8N2O2S2. The van der Waals surface area contributed by atoms with Crippen molar-refractivity contribution in [1.82, 2.24) is 5.32 Å². The second kappa shape index (κ2) is 5.67. The molecule has 0 unspecified atom stereocenters. The van der Waals surface area contributed by atoms with Crippen molar-refractivity contribution >= 4 is 40.3 Å². The summed E-state index contributed by atoms with van der Waals surface area (Å²) in [4.78, 5) is 12.1. The Labute approximate surface area is 114 Å². The Morgan fingerprint density at radius 2 is 2.28 bits per heavy atom. The third kappa shape index (κ3) is 2.88. The van der Waals surface area contributed by atoms with Crippen molar-refractivity contribution in [3.63, 3.8) is 0 Å². The van der Waals surface area contributed by atoms with Crippen molar-refractivity contribution in [1.29, 1.82) is 5.26 Å². The molecule has 0 radical (unpaired) electrons. The third-order valence-corrected chi connectivity index (χ3v) is 3.30. The number of carbonyl (C=O) groups is 1. The summed E-state index contributed by atoms with van der Waals surface area (Å²) < 4.78 is 5.73. The lowest BCUT2D eigenvalue weighted by Crippen LogP contribution is -2.17. The Hall–Kier alpha value is -1.84. The van der Waals surface area contributed by atoms with E-state index in [4.69, 9.17) is 22.2 Å².